The maximum Gasteiger partial charge on any atom is 0.271 e. The Kier molecular flexibility index (Phi) is 4.34. The minimum absolute atomic E-state index is 0.283. The van der Waals surface area contributed by atoms with Crippen molar-refractivity contribution in [2.75, 3.05) is 12.8 Å². The van der Waals surface area contributed by atoms with Gasteiger partial charge in [0.2, 0.25) is 0 Å². The Balaban J connectivity index is 1.95. The Hall–Kier alpha value is -2.82. The summed E-state index contributed by atoms with van der Waals surface area (Å²) in [5, 5.41) is 3.90. The van der Waals surface area contributed by atoms with Crippen molar-refractivity contribution >= 4 is 17.8 Å². The Morgan fingerprint density at radius 3 is 2.40 bits per heavy atom. The molecule has 0 aromatic heterocycles. The van der Waals surface area contributed by atoms with E-state index in [-0.39, 0.29) is 5.91 Å². The van der Waals surface area contributed by atoms with Crippen LogP contribution in [0.1, 0.15) is 15.9 Å². The van der Waals surface area contributed by atoms with Gasteiger partial charge in [-0.1, -0.05) is 0 Å². The number of hydrogen-bond donors (Lipinski definition) is 2. The number of amides is 1. The summed E-state index contributed by atoms with van der Waals surface area (Å²) in [6.45, 7) is 0. The fourth-order valence-electron chi connectivity index (χ4n) is 1.55. The predicted molar refractivity (Wildman–Crippen MR) is 78.9 cm³/mol. The number of rotatable bonds is 4. The summed E-state index contributed by atoms with van der Waals surface area (Å²) in [6.07, 6.45) is 1.56. The summed E-state index contributed by atoms with van der Waals surface area (Å²) in [6, 6.07) is 14.0. The highest BCUT2D eigenvalue weighted by Gasteiger charge is 2.02. The third-order valence-electron chi connectivity index (χ3n) is 2.67. The van der Waals surface area contributed by atoms with Crippen LogP contribution in [0.25, 0.3) is 0 Å². The lowest BCUT2D eigenvalue weighted by atomic mass is 10.2. The molecule has 1 amide bonds. The van der Waals surface area contributed by atoms with Gasteiger partial charge in [-0.3, -0.25) is 4.79 Å². The summed E-state index contributed by atoms with van der Waals surface area (Å²) < 4.78 is 5.05. The number of benzene rings is 2. The lowest BCUT2D eigenvalue weighted by molar-refractivity contribution is 0.0955. The number of nitrogen functional groups attached to an aromatic ring is 1. The van der Waals surface area contributed by atoms with Crippen LogP contribution in [0.3, 0.4) is 0 Å². The number of hydrogen-bond acceptors (Lipinski definition) is 4. The molecule has 0 aliphatic rings. The fourth-order valence-corrected chi connectivity index (χ4v) is 1.55. The Morgan fingerprint density at radius 1 is 1.15 bits per heavy atom. The number of nitrogens with zero attached hydrogens (tertiary/aromatic N) is 1. The molecule has 2 aromatic rings. The van der Waals surface area contributed by atoms with Crippen molar-refractivity contribution in [3.8, 4) is 5.75 Å². The molecule has 0 spiro atoms. The molecule has 0 atom stereocenters. The number of ether oxygens (including phenoxy) is 1. The largest absolute Gasteiger partial charge is 0.497 e. The molecule has 0 unspecified atom stereocenters. The Morgan fingerprint density at radius 2 is 1.80 bits per heavy atom. The Labute approximate surface area is 117 Å². The summed E-state index contributed by atoms with van der Waals surface area (Å²) in [5.41, 5.74) is 9.99. The monoisotopic (exact) mass is 269 g/mol. The SMILES string of the molecule is COc1ccc(/C=N\NC(=O)c2ccc(N)cc2)cc1. The molecule has 102 valence electrons. The van der Waals surface area contributed by atoms with Gasteiger partial charge >= 0.3 is 0 Å². The van der Waals surface area contributed by atoms with Crippen LogP contribution in [-0.4, -0.2) is 19.2 Å². The molecule has 0 radical (unpaired) electrons. The van der Waals surface area contributed by atoms with Crippen LogP contribution in [-0.2, 0) is 0 Å². The first-order chi connectivity index (χ1) is 9.69. The van der Waals surface area contributed by atoms with Gasteiger partial charge in [0.25, 0.3) is 5.91 Å². The van der Waals surface area contributed by atoms with Gasteiger partial charge < -0.3 is 10.5 Å². The van der Waals surface area contributed by atoms with Crippen LogP contribution in [0, 0.1) is 0 Å². The second-order valence-electron chi connectivity index (χ2n) is 4.09. The molecule has 0 aliphatic carbocycles. The topological polar surface area (TPSA) is 76.7 Å². The zero-order chi connectivity index (χ0) is 14.4. The summed E-state index contributed by atoms with van der Waals surface area (Å²) in [7, 11) is 1.61. The fraction of sp³-hybridized carbons (Fsp3) is 0.0667. The van der Waals surface area contributed by atoms with E-state index in [1.54, 1.807) is 37.6 Å². The van der Waals surface area contributed by atoms with Gasteiger partial charge in [0.05, 0.1) is 13.3 Å². The maximum atomic E-state index is 11.8. The van der Waals surface area contributed by atoms with E-state index in [1.807, 2.05) is 24.3 Å². The van der Waals surface area contributed by atoms with Crippen LogP contribution in [0.5, 0.6) is 5.75 Å². The minimum atomic E-state index is -0.283. The van der Waals surface area contributed by atoms with Crippen molar-refractivity contribution in [1.82, 2.24) is 5.43 Å². The highest BCUT2D eigenvalue weighted by atomic mass is 16.5. The number of carbonyl (C=O) groups excluding carboxylic acids is 1. The molecule has 5 heteroatoms. The summed E-state index contributed by atoms with van der Waals surface area (Å²) in [4.78, 5) is 11.8. The standard InChI is InChI=1S/C15H15N3O2/c1-20-14-8-2-11(3-9-14)10-17-18-15(19)12-4-6-13(16)7-5-12/h2-10H,16H2,1H3,(H,18,19)/b17-10-. The van der Waals surface area contributed by atoms with Crippen LogP contribution in [0.15, 0.2) is 53.6 Å². The number of hydrazone groups is 1. The first-order valence-corrected chi connectivity index (χ1v) is 6.02. The lowest BCUT2D eigenvalue weighted by Crippen LogP contribution is -2.17. The Bertz CT molecular complexity index is 604. The molecule has 0 fully saturated rings. The zero-order valence-electron chi connectivity index (χ0n) is 11.0. The molecule has 0 heterocycles. The van der Waals surface area contributed by atoms with Crippen LogP contribution in [0.2, 0.25) is 0 Å². The molecule has 3 N–H and O–H groups in total. The quantitative estimate of drug-likeness (QED) is 0.506. The van der Waals surface area contributed by atoms with Crippen LogP contribution >= 0.6 is 0 Å². The van der Waals surface area contributed by atoms with Crippen molar-refractivity contribution in [3.63, 3.8) is 0 Å². The van der Waals surface area contributed by atoms with Crippen molar-refractivity contribution in [2.24, 2.45) is 5.10 Å². The van der Waals surface area contributed by atoms with E-state index >= 15 is 0 Å². The van der Waals surface area contributed by atoms with Crippen LogP contribution in [0.4, 0.5) is 5.69 Å². The normalized spacial score (nSPS) is 10.4. The van der Waals surface area contributed by atoms with E-state index in [9.17, 15) is 4.79 Å². The maximum absolute atomic E-state index is 11.8. The predicted octanol–water partition coefficient (Wildman–Crippen LogP) is 2.04. The molecule has 5 nitrogen and oxygen atoms in total. The van der Waals surface area contributed by atoms with E-state index in [2.05, 4.69) is 10.5 Å². The average molecular weight is 269 g/mol. The molecule has 2 aromatic carbocycles. The third-order valence-corrected chi connectivity index (χ3v) is 2.67. The van der Waals surface area contributed by atoms with Crippen molar-refractivity contribution in [2.45, 2.75) is 0 Å². The second-order valence-corrected chi connectivity index (χ2v) is 4.09. The zero-order valence-corrected chi connectivity index (χ0v) is 11.0. The van der Waals surface area contributed by atoms with Crippen molar-refractivity contribution < 1.29 is 9.53 Å². The molecule has 20 heavy (non-hydrogen) atoms. The van der Waals surface area contributed by atoms with Crippen molar-refractivity contribution in [1.29, 1.82) is 0 Å². The van der Waals surface area contributed by atoms with Gasteiger partial charge in [-0.2, -0.15) is 5.10 Å². The minimum Gasteiger partial charge on any atom is -0.497 e. The van der Waals surface area contributed by atoms with E-state index in [0.717, 1.165) is 11.3 Å². The van der Waals surface area contributed by atoms with Gasteiger partial charge in [0.15, 0.2) is 0 Å². The number of anilines is 1. The molecular formula is C15H15N3O2. The molecular weight excluding hydrogens is 254 g/mol. The van der Waals surface area contributed by atoms with Crippen LogP contribution < -0.4 is 15.9 Å². The first kappa shape index (κ1) is 13.6. The van der Waals surface area contributed by atoms with Gasteiger partial charge in [-0.05, 0) is 54.1 Å². The highest BCUT2D eigenvalue weighted by Crippen LogP contribution is 2.09. The number of nitrogens with two attached hydrogens (primary N) is 1. The molecule has 0 saturated carbocycles. The van der Waals surface area contributed by atoms with Gasteiger partial charge in [-0.15, -0.1) is 0 Å². The highest BCUT2D eigenvalue weighted by molar-refractivity contribution is 5.95. The van der Waals surface area contributed by atoms with Gasteiger partial charge in [-0.25, -0.2) is 5.43 Å². The van der Waals surface area contributed by atoms with Gasteiger partial charge in [0, 0.05) is 11.3 Å². The third kappa shape index (κ3) is 3.58. The lowest BCUT2D eigenvalue weighted by Gasteiger charge is -2.01. The molecule has 0 aliphatic heterocycles. The molecule has 0 bridgehead atoms. The summed E-state index contributed by atoms with van der Waals surface area (Å²) in [5.74, 6) is 0.489. The average Bonchev–Trinajstić information content (AvgIpc) is 2.48. The number of nitrogens with one attached hydrogen (secondary N) is 1. The van der Waals surface area contributed by atoms with E-state index in [1.165, 1.54) is 0 Å². The summed E-state index contributed by atoms with van der Waals surface area (Å²) >= 11 is 0. The number of carbonyl (C=O) groups is 1. The first-order valence-electron chi connectivity index (χ1n) is 6.02. The van der Waals surface area contributed by atoms with Gasteiger partial charge in [0.1, 0.15) is 5.75 Å². The molecule has 2 rings (SSSR count). The smallest absolute Gasteiger partial charge is 0.271 e. The second kappa shape index (κ2) is 6.38. The van der Waals surface area contributed by atoms with Crippen molar-refractivity contribution in [3.05, 3.63) is 59.7 Å². The van der Waals surface area contributed by atoms with E-state index in [0.29, 0.717) is 11.3 Å². The number of methoxy groups -OCH3 is 1. The van der Waals surface area contributed by atoms with E-state index < -0.39 is 0 Å². The molecule has 0 saturated heterocycles. The van der Waals surface area contributed by atoms with E-state index in [4.69, 9.17) is 10.5 Å².